The first-order valence-corrected chi connectivity index (χ1v) is 9.55. The number of carbonyl (C=O) groups excluding carboxylic acids is 1. The van der Waals surface area contributed by atoms with Crippen LogP contribution >= 0.6 is 11.6 Å². The monoisotopic (exact) mass is 362 g/mol. The summed E-state index contributed by atoms with van der Waals surface area (Å²) in [6.07, 6.45) is 1.50. The zero-order valence-electron chi connectivity index (χ0n) is 13.1. The summed E-state index contributed by atoms with van der Waals surface area (Å²) in [5.74, 6) is -1.03. The number of benzene rings is 1. The summed E-state index contributed by atoms with van der Waals surface area (Å²) in [5, 5.41) is 3.27. The summed E-state index contributed by atoms with van der Waals surface area (Å²) in [6.45, 7) is 0.829. The van der Waals surface area contributed by atoms with E-state index in [4.69, 9.17) is 11.6 Å². The minimum atomic E-state index is -3.60. The number of piperidine rings is 1. The van der Waals surface area contributed by atoms with Crippen LogP contribution < -0.4 is 5.32 Å². The predicted molar refractivity (Wildman–Crippen MR) is 87.6 cm³/mol. The summed E-state index contributed by atoms with van der Waals surface area (Å²) in [5.41, 5.74) is 0.183. The predicted octanol–water partition coefficient (Wildman–Crippen LogP) is 1.60. The summed E-state index contributed by atoms with van der Waals surface area (Å²) in [4.78, 5) is 14.1. The SMILES string of the molecule is CN(Cc1c(F)cccc1Cl)C(=O)C1(S(C)(=O)=O)CCNCC1. The first-order valence-electron chi connectivity index (χ1n) is 7.28. The summed E-state index contributed by atoms with van der Waals surface area (Å²) in [7, 11) is -2.13. The largest absolute Gasteiger partial charge is 0.340 e. The van der Waals surface area contributed by atoms with E-state index in [1.54, 1.807) is 0 Å². The van der Waals surface area contributed by atoms with Gasteiger partial charge in [-0.25, -0.2) is 12.8 Å². The maximum atomic E-state index is 13.9. The highest BCUT2D eigenvalue weighted by molar-refractivity contribution is 7.92. The molecule has 1 amide bonds. The maximum Gasteiger partial charge on any atom is 0.244 e. The molecule has 2 rings (SSSR count). The van der Waals surface area contributed by atoms with Crippen molar-refractivity contribution in [1.29, 1.82) is 0 Å². The molecule has 1 fully saturated rings. The number of rotatable bonds is 4. The Bertz CT molecular complexity index is 682. The molecule has 0 unspecified atom stereocenters. The number of sulfone groups is 1. The van der Waals surface area contributed by atoms with Crippen molar-refractivity contribution in [2.24, 2.45) is 0 Å². The number of nitrogens with one attached hydrogen (secondary N) is 1. The van der Waals surface area contributed by atoms with E-state index in [1.165, 1.54) is 30.1 Å². The van der Waals surface area contributed by atoms with E-state index in [0.29, 0.717) is 13.1 Å². The van der Waals surface area contributed by atoms with Gasteiger partial charge >= 0.3 is 0 Å². The van der Waals surface area contributed by atoms with Gasteiger partial charge in [-0.2, -0.15) is 0 Å². The van der Waals surface area contributed by atoms with Crippen molar-refractivity contribution in [1.82, 2.24) is 10.2 Å². The second kappa shape index (κ2) is 6.75. The van der Waals surface area contributed by atoms with E-state index in [9.17, 15) is 17.6 Å². The van der Waals surface area contributed by atoms with E-state index in [2.05, 4.69) is 5.32 Å². The second-order valence-corrected chi connectivity index (χ2v) is 8.61. The third kappa shape index (κ3) is 3.51. The lowest BCUT2D eigenvalue weighted by molar-refractivity contribution is -0.134. The maximum absolute atomic E-state index is 13.9. The van der Waals surface area contributed by atoms with E-state index in [1.807, 2.05) is 0 Å². The second-order valence-electron chi connectivity index (χ2n) is 5.88. The zero-order chi connectivity index (χ0) is 17.3. The quantitative estimate of drug-likeness (QED) is 0.883. The third-order valence-corrected chi connectivity index (χ3v) is 6.67. The van der Waals surface area contributed by atoms with Crippen molar-refractivity contribution in [3.63, 3.8) is 0 Å². The van der Waals surface area contributed by atoms with Crippen LogP contribution in [-0.4, -0.2) is 50.4 Å². The molecule has 0 aromatic heterocycles. The molecule has 1 aromatic carbocycles. The van der Waals surface area contributed by atoms with Gasteiger partial charge in [-0.3, -0.25) is 4.79 Å². The van der Waals surface area contributed by atoms with Gasteiger partial charge < -0.3 is 10.2 Å². The minimum absolute atomic E-state index is 0.0744. The van der Waals surface area contributed by atoms with Crippen molar-refractivity contribution in [2.45, 2.75) is 24.1 Å². The molecule has 1 saturated heterocycles. The summed E-state index contributed by atoms with van der Waals surface area (Å²) < 4.78 is 37.0. The lowest BCUT2D eigenvalue weighted by Gasteiger charge is -2.37. The molecule has 0 radical (unpaired) electrons. The minimum Gasteiger partial charge on any atom is -0.340 e. The Morgan fingerprint density at radius 1 is 1.39 bits per heavy atom. The van der Waals surface area contributed by atoms with Crippen LogP contribution in [0.15, 0.2) is 18.2 Å². The molecule has 0 saturated carbocycles. The first kappa shape index (κ1) is 18.2. The van der Waals surface area contributed by atoms with Crippen LogP contribution in [0, 0.1) is 5.82 Å². The van der Waals surface area contributed by atoms with Gasteiger partial charge in [-0.1, -0.05) is 17.7 Å². The summed E-state index contributed by atoms with van der Waals surface area (Å²) in [6, 6.07) is 4.28. The van der Waals surface area contributed by atoms with Gasteiger partial charge in [0.1, 0.15) is 5.82 Å². The van der Waals surface area contributed by atoms with E-state index < -0.39 is 26.3 Å². The Kier molecular flexibility index (Phi) is 5.33. The molecule has 5 nitrogen and oxygen atoms in total. The van der Waals surface area contributed by atoms with E-state index in [-0.39, 0.29) is 30.0 Å². The molecule has 0 bridgehead atoms. The molecule has 23 heavy (non-hydrogen) atoms. The van der Waals surface area contributed by atoms with Crippen LogP contribution in [0.3, 0.4) is 0 Å². The van der Waals surface area contributed by atoms with Gasteiger partial charge in [0.15, 0.2) is 14.6 Å². The molecule has 0 spiro atoms. The van der Waals surface area contributed by atoms with Crippen LogP contribution in [0.2, 0.25) is 5.02 Å². The lowest BCUT2D eigenvalue weighted by Crippen LogP contribution is -2.57. The Balaban J connectivity index is 2.30. The fourth-order valence-electron chi connectivity index (χ4n) is 2.91. The van der Waals surface area contributed by atoms with Crippen molar-refractivity contribution in [3.8, 4) is 0 Å². The topological polar surface area (TPSA) is 66.5 Å². The highest BCUT2D eigenvalue weighted by Crippen LogP contribution is 2.31. The molecule has 0 aliphatic carbocycles. The molecular weight excluding hydrogens is 343 g/mol. The van der Waals surface area contributed by atoms with Gasteiger partial charge in [0.2, 0.25) is 5.91 Å². The van der Waals surface area contributed by atoms with Crippen molar-refractivity contribution in [3.05, 3.63) is 34.6 Å². The Morgan fingerprint density at radius 2 is 2.00 bits per heavy atom. The Labute approximate surface area is 140 Å². The fraction of sp³-hybridized carbons (Fsp3) is 0.533. The molecule has 128 valence electrons. The van der Waals surface area contributed by atoms with Gasteiger partial charge in [0, 0.05) is 30.4 Å². The van der Waals surface area contributed by atoms with Gasteiger partial charge in [0.05, 0.1) is 0 Å². The van der Waals surface area contributed by atoms with Gasteiger partial charge in [0.25, 0.3) is 0 Å². The molecule has 1 aromatic rings. The number of halogens is 2. The highest BCUT2D eigenvalue weighted by Gasteiger charge is 2.49. The molecule has 0 atom stereocenters. The molecule has 1 aliphatic heterocycles. The molecule has 1 N–H and O–H groups in total. The standard InChI is InChI=1S/C15H20ClFN2O3S/c1-19(10-11-12(16)4-3-5-13(11)17)14(20)15(23(2,21)22)6-8-18-9-7-15/h3-5,18H,6-10H2,1-2H3. The highest BCUT2D eigenvalue weighted by atomic mass is 35.5. The number of nitrogens with zero attached hydrogens (tertiary/aromatic N) is 1. The lowest BCUT2D eigenvalue weighted by atomic mass is 9.95. The molecule has 1 heterocycles. The van der Waals surface area contributed by atoms with Crippen molar-refractivity contribution in [2.75, 3.05) is 26.4 Å². The number of hydrogen-bond acceptors (Lipinski definition) is 4. The molecular formula is C15H20ClFN2O3S. The average Bonchev–Trinajstić information content (AvgIpc) is 2.49. The fourth-order valence-corrected chi connectivity index (χ4v) is 4.56. The zero-order valence-corrected chi connectivity index (χ0v) is 14.7. The third-order valence-electron chi connectivity index (χ3n) is 4.31. The van der Waals surface area contributed by atoms with Crippen molar-refractivity contribution < 1.29 is 17.6 Å². The average molecular weight is 363 g/mol. The normalized spacial score (nSPS) is 17.7. The van der Waals surface area contributed by atoms with Crippen LogP contribution in [0.25, 0.3) is 0 Å². The van der Waals surface area contributed by atoms with Crippen LogP contribution in [0.5, 0.6) is 0 Å². The number of carbonyl (C=O) groups is 1. The molecule has 8 heteroatoms. The van der Waals surface area contributed by atoms with Crippen LogP contribution in [0.4, 0.5) is 4.39 Å². The van der Waals surface area contributed by atoms with Gasteiger partial charge in [-0.05, 0) is 38.1 Å². The Hall–Kier alpha value is -1.18. The van der Waals surface area contributed by atoms with E-state index >= 15 is 0 Å². The number of amides is 1. The van der Waals surface area contributed by atoms with Crippen molar-refractivity contribution >= 4 is 27.3 Å². The van der Waals surface area contributed by atoms with Crippen LogP contribution in [0.1, 0.15) is 18.4 Å². The Morgan fingerprint density at radius 3 is 2.52 bits per heavy atom. The van der Waals surface area contributed by atoms with E-state index in [0.717, 1.165) is 6.26 Å². The van der Waals surface area contributed by atoms with Crippen LogP contribution in [-0.2, 0) is 21.2 Å². The first-order chi connectivity index (χ1) is 10.7. The molecule has 1 aliphatic rings. The smallest absolute Gasteiger partial charge is 0.244 e. The number of hydrogen-bond donors (Lipinski definition) is 1. The summed E-state index contributed by atoms with van der Waals surface area (Å²) >= 11 is 5.98. The van der Waals surface area contributed by atoms with Gasteiger partial charge in [-0.15, -0.1) is 0 Å².